The summed E-state index contributed by atoms with van der Waals surface area (Å²) in [5, 5.41) is 9.59. The maximum atomic E-state index is 4.03. The van der Waals surface area contributed by atoms with Crippen molar-refractivity contribution in [3.8, 4) is 0 Å². The van der Waals surface area contributed by atoms with Crippen molar-refractivity contribution >= 4 is 11.5 Å². The van der Waals surface area contributed by atoms with Crippen LogP contribution in [-0.4, -0.2) is 40.2 Å². The zero-order valence-corrected chi connectivity index (χ0v) is 9.96. The molecular formula is C10H18N4S. The molecule has 2 heterocycles. The van der Waals surface area contributed by atoms with Gasteiger partial charge in [0.2, 0.25) is 0 Å². The maximum absolute atomic E-state index is 4.03. The predicted molar refractivity (Wildman–Crippen MR) is 61.9 cm³/mol. The van der Waals surface area contributed by atoms with E-state index >= 15 is 0 Å². The van der Waals surface area contributed by atoms with Gasteiger partial charge in [0.05, 0.1) is 5.69 Å². The lowest BCUT2D eigenvalue weighted by atomic mass is 10.1. The lowest BCUT2D eigenvalue weighted by Crippen LogP contribution is -2.45. The minimum Gasteiger partial charge on any atom is -0.307 e. The number of aromatic nitrogens is 2. The molecule has 1 aliphatic heterocycles. The van der Waals surface area contributed by atoms with Crippen LogP contribution in [0.15, 0.2) is 5.38 Å². The van der Waals surface area contributed by atoms with Gasteiger partial charge in [0.1, 0.15) is 0 Å². The van der Waals surface area contributed by atoms with Crippen molar-refractivity contribution in [3.05, 3.63) is 11.1 Å². The third kappa shape index (κ3) is 3.22. The average molecular weight is 226 g/mol. The zero-order chi connectivity index (χ0) is 10.5. The monoisotopic (exact) mass is 226 g/mol. The van der Waals surface area contributed by atoms with Gasteiger partial charge in [0.15, 0.2) is 0 Å². The first-order chi connectivity index (χ1) is 7.38. The van der Waals surface area contributed by atoms with E-state index in [1.165, 1.54) is 37.5 Å². The standard InChI is InChI=1S/C10H18N4S/c1-2-14-5-3-4-9(7-14)11-6-10-8-15-13-12-10/h8-9,11H,2-7H2,1H3. The Morgan fingerprint density at radius 1 is 1.67 bits per heavy atom. The van der Waals surface area contributed by atoms with Crippen LogP contribution in [-0.2, 0) is 6.54 Å². The van der Waals surface area contributed by atoms with E-state index in [1.807, 2.05) is 5.38 Å². The molecule has 1 unspecified atom stereocenters. The molecule has 0 aromatic carbocycles. The zero-order valence-electron chi connectivity index (χ0n) is 9.15. The molecule has 1 saturated heterocycles. The van der Waals surface area contributed by atoms with Crippen LogP contribution in [0.25, 0.3) is 0 Å². The molecule has 0 spiro atoms. The Kier molecular flexibility index (Phi) is 4.05. The minimum absolute atomic E-state index is 0.625. The molecular weight excluding hydrogens is 208 g/mol. The molecule has 1 N–H and O–H groups in total. The van der Waals surface area contributed by atoms with E-state index in [4.69, 9.17) is 0 Å². The lowest BCUT2D eigenvalue weighted by Gasteiger charge is -2.32. The highest BCUT2D eigenvalue weighted by molar-refractivity contribution is 7.03. The Balaban J connectivity index is 1.74. The maximum Gasteiger partial charge on any atom is 0.0893 e. The van der Waals surface area contributed by atoms with E-state index in [-0.39, 0.29) is 0 Å². The van der Waals surface area contributed by atoms with Gasteiger partial charge in [0, 0.05) is 24.5 Å². The average Bonchev–Trinajstić information content (AvgIpc) is 2.79. The van der Waals surface area contributed by atoms with Crippen LogP contribution in [0.2, 0.25) is 0 Å². The van der Waals surface area contributed by atoms with Crippen LogP contribution in [0.3, 0.4) is 0 Å². The fourth-order valence-electron chi connectivity index (χ4n) is 2.02. The summed E-state index contributed by atoms with van der Waals surface area (Å²) >= 11 is 1.42. The molecule has 5 heteroatoms. The second kappa shape index (κ2) is 5.53. The fraction of sp³-hybridized carbons (Fsp3) is 0.800. The topological polar surface area (TPSA) is 41.0 Å². The third-order valence-corrected chi connectivity index (χ3v) is 3.48. The first-order valence-electron chi connectivity index (χ1n) is 5.60. The number of nitrogens with one attached hydrogen (secondary N) is 1. The first-order valence-corrected chi connectivity index (χ1v) is 6.44. The number of nitrogens with zero attached hydrogens (tertiary/aromatic N) is 3. The summed E-state index contributed by atoms with van der Waals surface area (Å²) in [6.07, 6.45) is 2.59. The Morgan fingerprint density at radius 2 is 2.60 bits per heavy atom. The summed E-state index contributed by atoms with van der Waals surface area (Å²) in [6.45, 7) is 6.68. The second-order valence-electron chi connectivity index (χ2n) is 4.01. The molecule has 1 aliphatic rings. The molecule has 2 rings (SSSR count). The molecule has 1 aromatic heterocycles. The van der Waals surface area contributed by atoms with Gasteiger partial charge in [0.25, 0.3) is 0 Å². The Labute approximate surface area is 94.8 Å². The summed E-state index contributed by atoms with van der Waals surface area (Å²) in [5.41, 5.74) is 1.06. The molecule has 0 aliphatic carbocycles. The van der Waals surface area contributed by atoms with E-state index < -0.39 is 0 Å². The molecule has 0 radical (unpaired) electrons. The quantitative estimate of drug-likeness (QED) is 0.835. The van der Waals surface area contributed by atoms with E-state index in [1.54, 1.807) is 0 Å². The Morgan fingerprint density at radius 3 is 3.33 bits per heavy atom. The predicted octanol–water partition coefficient (Wildman–Crippen LogP) is 1.11. The third-order valence-electron chi connectivity index (χ3n) is 2.93. The largest absolute Gasteiger partial charge is 0.307 e. The van der Waals surface area contributed by atoms with Gasteiger partial charge < -0.3 is 10.2 Å². The Hall–Kier alpha value is -0.520. The molecule has 15 heavy (non-hydrogen) atoms. The van der Waals surface area contributed by atoms with E-state index in [0.29, 0.717) is 6.04 Å². The summed E-state index contributed by atoms with van der Waals surface area (Å²) < 4.78 is 3.86. The Bertz CT molecular complexity index is 275. The van der Waals surface area contributed by atoms with Gasteiger partial charge in [-0.2, -0.15) is 0 Å². The second-order valence-corrected chi connectivity index (χ2v) is 4.62. The summed E-state index contributed by atoms with van der Waals surface area (Å²) in [4.78, 5) is 2.50. The molecule has 1 fully saturated rings. The van der Waals surface area contributed by atoms with Crippen LogP contribution >= 0.6 is 11.5 Å². The molecule has 4 nitrogen and oxygen atoms in total. The molecule has 84 valence electrons. The van der Waals surface area contributed by atoms with Crippen molar-refractivity contribution in [1.29, 1.82) is 0 Å². The van der Waals surface area contributed by atoms with Crippen molar-refractivity contribution in [2.75, 3.05) is 19.6 Å². The van der Waals surface area contributed by atoms with Crippen molar-refractivity contribution in [2.45, 2.75) is 32.4 Å². The SMILES string of the molecule is CCN1CCCC(NCc2csnn2)C1. The van der Waals surface area contributed by atoms with Crippen LogP contribution in [0.4, 0.5) is 0 Å². The van der Waals surface area contributed by atoms with Crippen molar-refractivity contribution in [1.82, 2.24) is 19.8 Å². The van der Waals surface area contributed by atoms with E-state index in [2.05, 4.69) is 26.7 Å². The summed E-state index contributed by atoms with van der Waals surface area (Å²) in [6, 6.07) is 0.625. The highest BCUT2D eigenvalue weighted by Crippen LogP contribution is 2.10. The smallest absolute Gasteiger partial charge is 0.0893 e. The normalized spacial score (nSPS) is 23.1. The minimum atomic E-state index is 0.625. The molecule has 0 bridgehead atoms. The van der Waals surface area contributed by atoms with Crippen LogP contribution < -0.4 is 5.32 Å². The van der Waals surface area contributed by atoms with Crippen molar-refractivity contribution < 1.29 is 0 Å². The van der Waals surface area contributed by atoms with Gasteiger partial charge in [-0.15, -0.1) is 5.10 Å². The number of likely N-dealkylation sites (tertiary alicyclic amines) is 1. The van der Waals surface area contributed by atoms with Crippen LogP contribution in [0.1, 0.15) is 25.5 Å². The highest BCUT2D eigenvalue weighted by atomic mass is 32.1. The number of likely N-dealkylation sites (N-methyl/N-ethyl adjacent to an activating group) is 1. The molecule has 1 atom stereocenters. The molecule has 1 aromatic rings. The number of hydrogen-bond acceptors (Lipinski definition) is 5. The van der Waals surface area contributed by atoms with Gasteiger partial charge in [-0.25, -0.2) is 0 Å². The van der Waals surface area contributed by atoms with Crippen molar-refractivity contribution in [3.63, 3.8) is 0 Å². The van der Waals surface area contributed by atoms with E-state index in [9.17, 15) is 0 Å². The summed E-state index contributed by atoms with van der Waals surface area (Å²) in [7, 11) is 0. The molecule has 0 saturated carbocycles. The first kappa shape index (κ1) is 11.0. The molecule has 0 amide bonds. The van der Waals surface area contributed by atoms with Crippen molar-refractivity contribution in [2.24, 2.45) is 0 Å². The van der Waals surface area contributed by atoms with Gasteiger partial charge in [-0.05, 0) is 37.5 Å². The van der Waals surface area contributed by atoms with Gasteiger partial charge in [-0.3, -0.25) is 0 Å². The summed E-state index contributed by atoms with van der Waals surface area (Å²) in [5.74, 6) is 0. The lowest BCUT2D eigenvalue weighted by molar-refractivity contribution is 0.198. The van der Waals surface area contributed by atoms with Crippen LogP contribution in [0.5, 0.6) is 0 Å². The van der Waals surface area contributed by atoms with Gasteiger partial charge in [-0.1, -0.05) is 11.4 Å². The number of hydrogen-bond donors (Lipinski definition) is 1. The van der Waals surface area contributed by atoms with Crippen LogP contribution in [0, 0.1) is 0 Å². The van der Waals surface area contributed by atoms with E-state index in [0.717, 1.165) is 18.8 Å². The van der Waals surface area contributed by atoms with Gasteiger partial charge >= 0.3 is 0 Å². The highest BCUT2D eigenvalue weighted by Gasteiger charge is 2.17. The fourth-order valence-corrected chi connectivity index (χ4v) is 2.47. The number of rotatable bonds is 4. The number of piperidine rings is 1.